The summed E-state index contributed by atoms with van der Waals surface area (Å²) in [5.41, 5.74) is 5.85. The second kappa shape index (κ2) is 7.38. The molecule has 0 aliphatic heterocycles. The molecule has 0 amide bonds. The maximum absolute atomic E-state index is 12.6. The fraction of sp³-hybridized carbons (Fsp3) is 0.0323. The molecule has 0 radical (unpaired) electrons. The quantitative estimate of drug-likeness (QED) is 0.243. The van der Waals surface area contributed by atoms with Crippen LogP contribution in [0.4, 0.5) is 0 Å². The first kappa shape index (κ1) is 20.2. The van der Waals surface area contributed by atoms with Crippen LogP contribution in [0.1, 0.15) is 16.7 Å². The lowest BCUT2D eigenvalue weighted by Gasteiger charge is -2.29. The minimum Gasteiger partial charge on any atom is -0.376 e. The number of rotatable bonds is 2. The third kappa shape index (κ3) is 2.63. The first-order valence-electron chi connectivity index (χ1n) is 11.3. The van der Waals surface area contributed by atoms with Crippen molar-refractivity contribution in [2.45, 2.75) is 5.60 Å². The molecular formula is C31H19BrOS. The molecule has 0 fully saturated rings. The van der Waals surface area contributed by atoms with E-state index in [-0.39, 0.29) is 0 Å². The number of benzene rings is 5. The molecular weight excluding hydrogens is 500 g/mol. The third-order valence-electron chi connectivity index (χ3n) is 7.00. The normalized spacial score (nSPS) is 16.6. The summed E-state index contributed by atoms with van der Waals surface area (Å²) in [6.07, 6.45) is 0. The van der Waals surface area contributed by atoms with E-state index in [0.717, 1.165) is 43.4 Å². The van der Waals surface area contributed by atoms with Crippen LogP contribution in [0.2, 0.25) is 0 Å². The summed E-state index contributed by atoms with van der Waals surface area (Å²) in [5, 5.41) is 15.2. The van der Waals surface area contributed by atoms with Gasteiger partial charge < -0.3 is 5.11 Å². The van der Waals surface area contributed by atoms with Gasteiger partial charge in [-0.25, -0.2) is 0 Å². The van der Waals surface area contributed by atoms with Crippen molar-refractivity contribution >= 4 is 47.4 Å². The first-order valence-corrected chi connectivity index (χ1v) is 12.9. The number of halogens is 1. The molecule has 1 aliphatic carbocycles. The molecule has 1 atom stereocenters. The van der Waals surface area contributed by atoms with Crippen molar-refractivity contribution in [1.82, 2.24) is 0 Å². The van der Waals surface area contributed by atoms with E-state index in [4.69, 9.17) is 0 Å². The molecule has 1 unspecified atom stereocenters. The molecule has 1 aliphatic rings. The van der Waals surface area contributed by atoms with Crippen molar-refractivity contribution in [2.24, 2.45) is 0 Å². The molecule has 34 heavy (non-hydrogen) atoms. The topological polar surface area (TPSA) is 20.2 Å². The number of hydrogen-bond acceptors (Lipinski definition) is 2. The van der Waals surface area contributed by atoms with Crippen molar-refractivity contribution in [3.8, 4) is 22.3 Å². The van der Waals surface area contributed by atoms with Crippen LogP contribution in [0.3, 0.4) is 0 Å². The van der Waals surface area contributed by atoms with Crippen LogP contribution in [0.15, 0.2) is 114 Å². The second-order valence-corrected chi connectivity index (χ2v) is 10.7. The Bertz CT molecular complexity index is 1750. The molecule has 1 N–H and O–H groups in total. The average molecular weight is 519 g/mol. The molecule has 1 heterocycles. The molecule has 1 aromatic heterocycles. The Morgan fingerprint density at radius 1 is 0.559 bits per heavy atom. The summed E-state index contributed by atoms with van der Waals surface area (Å²) in [5.74, 6) is 0. The van der Waals surface area contributed by atoms with Gasteiger partial charge >= 0.3 is 0 Å². The van der Waals surface area contributed by atoms with Crippen LogP contribution in [-0.2, 0) is 5.60 Å². The van der Waals surface area contributed by atoms with Gasteiger partial charge in [0.05, 0.1) is 0 Å². The van der Waals surface area contributed by atoms with Gasteiger partial charge in [0, 0.05) is 46.9 Å². The molecule has 1 nitrogen and oxygen atoms in total. The Hall–Kier alpha value is -3.24. The van der Waals surface area contributed by atoms with Crippen LogP contribution in [0.25, 0.3) is 42.4 Å². The molecule has 0 saturated heterocycles. The van der Waals surface area contributed by atoms with Gasteiger partial charge in [-0.1, -0.05) is 113 Å². The number of fused-ring (bicyclic) bond motifs is 6. The number of thiophene rings is 1. The Labute approximate surface area is 210 Å². The van der Waals surface area contributed by atoms with E-state index in [1.165, 1.54) is 20.2 Å². The zero-order chi connectivity index (χ0) is 22.9. The molecule has 3 heteroatoms. The van der Waals surface area contributed by atoms with Gasteiger partial charge in [0.25, 0.3) is 0 Å². The predicted molar refractivity (Wildman–Crippen MR) is 146 cm³/mol. The highest BCUT2D eigenvalue weighted by Gasteiger charge is 2.45. The molecule has 0 saturated carbocycles. The van der Waals surface area contributed by atoms with Gasteiger partial charge in [0.1, 0.15) is 5.60 Å². The minimum absolute atomic E-state index is 0.907. The second-order valence-electron chi connectivity index (χ2n) is 8.74. The van der Waals surface area contributed by atoms with E-state index in [9.17, 15) is 5.11 Å². The van der Waals surface area contributed by atoms with Gasteiger partial charge in [-0.15, -0.1) is 11.3 Å². The Kier molecular flexibility index (Phi) is 4.38. The lowest BCUT2D eigenvalue weighted by molar-refractivity contribution is 0.131. The summed E-state index contributed by atoms with van der Waals surface area (Å²) in [7, 11) is 0. The Morgan fingerprint density at radius 3 is 2.00 bits per heavy atom. The highest BCUT2D eigenvalue weighted by molar-refractivity contribution is 9.10. The lowest BCUT2D eigenvalue weighted by atomic mass is 9.80. The lowest BCUT2D eigenvalue weighted by Crippen LogP contribution is -2.27. The van der Waals surface area contributed by atoms with E-state index < -0.39 is 5.60 Å². The number of hydrogen-bond donors (Lipinski definition) is 1. The minimum atomic E-state index is -1.24. The van der Waals surface area contributed by atoms with E-state index >= 15 is 0 Å². The summed E-state index contributed by atoms with van der Waals surface area (Å²) < 4.78 is 3.53. The first-order chi connectivity index (χ1) is 16.7. The van der Waals surface area contributed by atoms with Crippen LogP contribution in [-0.4, -0.2) is 5.11 Å². The maximum Gasteiger partial charge on any atom is 0.142 e. The molecule has 0 spiro atoms. The van der Waals surface area contributed by atoms with E-state index in [2.05, 4.69) is 94.8 Å². The summed E-state index contributed by atoms with van der Waals surface area (Å²) in [4.78, 5) is 0. The fourth-order valence-electron chi connectivity index (χ4n) is 5.54. The van der Waals surface area contributed by atoms with Crippen LogP contribution < -0.4 is 0 Å². The van der Waals surface area contributed by atoms with Crippen molar-refractivity contribution in [1.29, 1.82) is 0 Å². The number of aliphatic hydroxyl groups is 1. The molecule has 0 bridgehead atoms. The van der Waals surface area contributed by atoms with E-state index in [1.54, 1.807) is 0 Å². The van der Waals surface area contributed by atoms with Crippen molar-refractivity contribution in [3.05, 3.63) is 130 Å². The van der Waals surface area contributed by atoms with Gasteiger partial charge in [-0.05, 0) is 28.8 Å². The van der Waals surface area contributed by atoms with Crippen molar-refractivity contribution in [3.63, 3.8) is 0 Å². The maximum atomic E-state index is 12.6. The van der Waals surface area contributed by atoms with E-state index in [0.29, 0.717) is 0 Å². The Balaban J connectivity index is 1.57. The highest BCUT2D eigenvalue weighted by Crippen LogP contribution is 2.55. The molecule has 162 valence electrons. The zero-order valence-corrected chi connectivity index (χ0v) is 20.5. The molecule has 6 aromatic rings. The SMILES string of the molecule is OC1(c2ccccc2-c2cccc3c2sc2ccccc23)c2ccccc2-c2c(Br)cccc21. The molecule has 7 rings (SSSR count). The standard InChI is InChI=1S/C31H19BrOS/c32-27-17-8-16-26-29(27)23-11-2-5-15-25(23)31(26,33)24-14-4-1-9-19(24)21-12-7-13-22-20-10-3-6-18-28(20)34-30(21)22/h1-18,33H. The monoisotopic (exact) mass is 518 g/mol. The van der Waals surface area contributed by atoms with Gasteiger partial charge in [0.2, 0.25) is 0 Å². The van der Waals surface area contributed by atoms with Crippen molar-refractivity contribution in [2.75, 3.05) is 0 Å². The fourth-order valence-corrected chi connectivity index (χ4v) is 7.35. The largest absolute Gasteiger partial charge is 0.376 e. The summed E-state index contributed by atoms with van der Waals surface area (Å²) >= 11 is 5.57. The predicted octanol–water partition coefficient (Wildman–Crippen LogP) is 8.75. The van der Waals surface area contributed by atoms with Gasteiger partial charge in [0.15, 0.2) is 0 Å². The summed E-state index contributed by atoms with van der Waals surface area (Å²) in [6.45, 7) is 0. The van der Waals surface area contributed by atoms with Gasteiger partial charge in [-0.3, -0.25) is 0 Å². The van der Waals surface area contributed by atoms with Crippen LogP contribution in [0, 0.1) is 0 Å². The van der Waals surface area contributed by atoms with E-state index in [1.807, 2.05) is 41.7 Å². The van der Waals surface area contributed by atoms with Crippen LogP contribution >= 0.6 is 27.3 Å². The van der Waals surface area contributed by atoms with Crippen molar-refractivity contribution < 1.29 is 5.11 Å². The molecule has 5 aromatic carbocycles. The summed E-state index contributed by atoms with van der Waals surface area (Å²) in [6, 6.07) is 37.7. The smallest absolute Gasteiger partial charge is 0.142 e. The third-order valence-corrected chi connectivity index (χ3v) is 8.88. The zero-order valence-electron chi connectivity index (χ0n) is 18.1. The highest BCUT2D eigenvalue weighted by atomic mass is 79.9. The van der Waals surface area contributed by atoms with Gasteiger partial charge in [-0.2, -0.15) is 0 Å². The average Bonchev–Trinajstić information content (AvgIpc) is 3.39. The Morgan fingerprint density at radius 2 is 1.15 bits per heavy atom. The van der Waals surface area contributed by atoms with Crippen LogP contribution in [0.5, 0.6) is 0 Å².